The Morgan fingerprint density at radius 3 is 2.45 bits per heavy atom. The van der Waals surface area contributed by atoms with Gasteiger partial charge in [-0.1, -0.05) is 19.4 Å². The van der Waals surface area contributed by atoms with Gasteiger partial charge in [-0.2, -0.15) is 5.26 Å². The first-order valence-corrected chi connectivity index (χ1v) is 4.93. The smallest absolute Gasteiger partial charge is 0.0675 e. The predicted octanol–water partition coefficient (Wildman–Crippen LogP) is 3.34. The fourth-order valence-corrected chi connectivity index (χ4v) is 1.67. The molecular weight excluding hydrogens is 154 g/mol. The van der Waals surface area contributed by atoms with E-state index < -0.39 is 0 Å². The van der Waals surface area contributed by atoms with Crippen molar-refractivity contribution in [2.75, 3.05) is 5.75 Å². The lowest BCUT2D eigenvalue weighted by atomic mass is 10.2. The molecule has 0 atom stereocenters. The average Bonchev–Trinajstić information content (AvgIpc) is 2.03. The maximum absolute atomic E-state index is 8.51. The van der Waals surface area contributed by atoms with Gasteiger partial charge in [-0.25, -0.2) is 0 Å². The maximum Gasteiger partial charge on any atom is 0.0675 e. The van der Waals surface area contributed by atoms with E-state index >= 15 is 0 Å². The van der Waals surface area contributed by atoms with Gasteiger partial charge in [0.25, 0.3) is 0 Å². The molecule has 0 aliphatic rings. The third-order valence-corrected chi connectivity index (χ3v) is 2.69. The van der Waals surface area contributed by atoms with Crippen molar-refractivity contribution in [2.24, 2.45) is 0 Å². The van der Waals surface area contributed by atoms with Crippen molar-refractivity contribution in [2.45, 2.75) is 33.6 Å². The average molecular weight is 169 g/mol. The lowest BCUT2D eigenvalue weighted by molar-refractivity contribution is 1.07. The van der Waals surface area contributed by atoms with Gasteiger partial charge in [-0.05, 0) is 24.0 Å². The highest BCUT2D eigenvalue weighted by Crippen LogP contribution is 2.23. The molecule has 0 N–H and O–H groups in total. The molecule has 0 aromatic heterocycles. The Labute approximate surface area is 73.5 Å². The zero-order valence-corrected chi connectivity index (χ0v) is 8.29. The topological polar surface area (TPSA) is 23.8 Å². The summed E-state index contributed by atoms with van der Waals surface area (Å²) in [6.45, 7) is 6.35. The maximum atomic E-state index is 8.51. The van der Waals surface area contributed by atoms with Crippen LogP contribution in [0.1, 0.15) is 33.6 Å². The predicted molar refractivity (Wildman–Crippen MR) is 51.4 cm³/mol. The van der Waals surface area contributed by atoms with E-state index in [1.54, 1.807) is 11.8 Å². The van der Waals surface area contributed by atoms with Crippen molar-refractivity contribution >= 4 is 11.8 Å². The van der Waals surface area contributed by atoms with Crippen molar-refractivity contribution in [3.05, 3.63) is 10.5 Å². The SMILES string of the molecule is CCS/C(CC#N)=C(/C)CC. The van der Waals surface area contributed by atoms with Crippen LogP contribution in [0.2, 0.25) is 0 Å². The van der Waals surface area contributed by atoms with Crippen molar-refractivity contribution < 1.29 is 0 Å². The van der Waals surface area contributed by atoms with Crippen molar-refractivity contribution in [1.29, 1.82) is 5.26 Å². The molecule has 0 spiro atoms. The van der Waals surface area contributed by atoms with Crippen molar-refractivity contribution in [3.63, 3.8) is 0 Å². The molecule has 0 rings (SSSR count). The van der Waals surface area contributed by atoms with Gasteiger partial charge in [0.15, 0.2) is 0 Å². The van der Waals surface area contributed by atoms with E-state index in [0.29, 0.717) is 6.42 Å². The number of nitrogens with zero attached hydrogens (tertiary/aromatic N) is 1. The normalized spacial score (nSPS) is 12.2. The molecule has 0 aromatic rings. The minimum Gasteiger partial charge on any atom is -0.198 e. The molecule has 1 nitrogen and oxygen atoms in total. The van der Waals surface area contributed by atoms with Crippen LogP contribution in [0.3, 0.4) is 0 Å². The number of thioether (sulfide) groups is 1. The van der Waals surface area contributed by atoms with E-state index in [2.05, 4.69) is 26.8 Å². The molecule has 11 heavy (non-hydrogen) atoms. The van der Waals surface area contributed by atoms with Crippen LogP contribution in [-0.2, 0) is 0 Å². The van der Waals surface area contributed by atoms with E-state index in [9.17, 15) is 0 Å². The second kappa shape index (κ2) is 6.30. The lowest BCUT2D eigenvalue weighted by Gasteiger charge is -2.04. The number of allylic oxidation sites excluding steroid dienone is 2. The molecule has 0 unspecified atom stereocenters. The van der Waals surface area contributed by atoms with Crippen molar-refractivity contribution in [3.8, 4) is 6.07 Å². The van der Waals surface area contributed by atoms with Crippen LogP contribution >= 0.6 is 11.8 Å². The van der Waals surface area contributed by atoms with Crippen LogP contribution in [0.25, 0.3) is 0 Å². The summed E-state index contributed by atoms with van der Waals surface area (Å²) in [6, 6.07) is 2.19. The third-order valence-electron chi connectivity index (χ3n) is 1.56. The quantitative estimate of drug-likeness (QED) is 0.644. The highest BCUT2D eigenvalue weighted by atomic mass is 32.2. The Kier molecular flexibility index (Phi) is 6.06. The second-order valence-corrected chi connectivity index (χ2v) is 3.68. The first-order valence-electron chi connectivity index (χ1n) is 3.94. The summed E-state index contributed by atoms with van der Waals surface area (Å²) in [4.78, 5) is 1.26. The van der Waals surface area contributed by atoms with Crippen LogP contribution in [-0.4, -0.2) is 5.75 Å². The monoisotopic (exact) mass is 169 g/mol. The first kappa shape index (κ1) is 10.6. The largest absolute Gasteiger partial charge is 0.198 e. The molecule has 0 radical (unpaired) electrons. The zero-order valence-electron chi connectivity index (χ0n) is 7.48. The summed E-state index contributed by atoms with van der Waals surface area (Å²) in [7, 11) is 0. The molecule has 0 bridgehead atoms. The Morgan fingerprint density at radius 1 is 1.45 bits per heavy atom. The van der Waals surface area contributed by atoms with E-state index in [1.165, 1.54) is 10.5 Å². The van der Waals surface area contributed by atoms with Crippen LogP contribution < -0.4 is 0 Å². The van der Waals surface area contributed by atoms with E-state index in [1.807, 2.05) is 0 Å². The number of hydrogen-bond donors (Lipinski definition) is 0. The molecule has 0 heterocycles. The van der Waals surface area contributed by atoms with E-state index in [-0.39, 0.29) is 0 Å². The minimum atomic E-state index is 0.582. The second-order valence-electron chi connectivity index (χ2n) is 2.32. The summed E-state index contributed by atoms with van der Waals surface area (Å²) in [6.07, 6.45) is 1.64. The molecular formula is C9H15NS. The fraction of sp³-hybridized carbons (Fsp3) is 0.667. The van der Waals surface area contributed by atoms with E-state index in [0.717, 1.165) is 12.2 Å². The van der Waals surface area contributed by atoms with Gasteiger partial charge < -0.3 is 0 Å². The molecule has 0 saturated heterocycles. The van der Waals surface area contributed by atoms with Gasteiger partial charge in [-0.15, -0.1) is 11.8 Å². The Hall–Kier alpha value is -0.420. The zero-order chi connectivity index (χ0) is 8.69. The first-order chi connectivity index (χ1) is 5.26. The summed E-state index contributed by atoms with van der Waals surface area (Å²) in [5.41, 5.74) is 1.36. The lowest BCUT2D eigenvalue weighted by Crippen LogP contribution is -1.83. The summed E-state index contributed by atoms with van der Waals surface area (Å²) < 4.78 is 0. The summed E-state index contributed by atoms with van der Waals surface area (Å²) >= 11 is 1.79. The molecule has 0 amide bonds. The van der Waals surface area contributed by atoms with Gasteiger partial charge in [0, 0.05) is 0 Å². The van der Waals surface area contributed by atoms with Gasteiger partial charge in [0.2, 0.25) is 0 Å². The van der Waals surface area contributed by atoms with Crippen molar-refractivity contribution in [1.82, 2.24) is 0 Å². The standard InChI is InChI=1S/C9H15NS/c1-4-8(3)9(6-7-10)11-5-2/h4-6H2,1-3H3/b9-8-. The van der Waals surface area contributed by atoms with Gasteiger partial charge in [0.05, 0.1) is 12.5 Å². The molecule has 62 valence electrons. The number of nitriles is 1. The highest BCUT2D eigenvalue weighted by molar-refractivity contribution is 8.03. The molecule has 0 aliphatic heterocycles. The Morgan fingerprint density at radius 2 is 2.09 bits per heavy atom. The van der Waals surface area contributed by atoms with Crippen LogP contribution in [0.5, 0.6) is 0 Å². The highest BCUT2D eigenvalue weighted by Gasteiger charge is 1.99. The Balaban J connectivity index is 4.20. The molecule has 0 aliphatic carbocycles. The molecule has 0 aromatic carbocycles. The van der Waals surface area contributed by atoms with E-state index in [4.69, 9.17) is 5.26 Å². The number of rotatable bonds is 4. The number of hydrogen-bond acceptors (Lipinski definition) is 2. The van der Waals surface area contributed by atoms with Gasteiger partial charge in [-0.3, -0.25) is 0 Å². The summed E-state index contributed by atoms with van der Waals surface area (Å²) in [5, 5.41) is 8.51. The molecule has 0 saturated carbocycles. The van der Waals surface area contributed by atoms with Gasteiger partial charge >= 0.3 is 0 Å². The molecule has 0 fully saturated rings. The fourth-order valence-electron chi connectivity index (χ4n) is 0.768. The summed E-state index contributed by atoms with van der Waals surface area (Å²) in [5.74, 6) is 1.06. The third kappa shape index (κ3) is 4.10. The molecule has 2 heteroatoms. The van der Waals surface area contributed by atoms with Crippen LogP contribution in [0.4, 0.5) is 0 Å². The Bertz CT molecular complexity index is 176. The minimum absolute atomic E-state index is 0.582. The van der Waals surface area contributed by atoms with Crippen LogP contribution in [0.15, 0.2) is 10.5 Å². The van der Waals surface area contributed by atoms with Gasteiger partial charge in [0.1, 0.15) is 0 Å². The van der Waals surface area contributed by atoms with Crippen LogP contribution in [0, 0.1) is 11.3 Å².